The van der Waals surface area contributed by atoms with E-state index in [-0.39, 0.29) is 6.61 Å². The Bertz CT molecular complexity index is 628. The Kier molecular flexibility index (Phi) is 4.48. The average Bonchev–Trinajstić information content (AvgIpc) is 2.46. The number of carbonyl (C=O) groups excluding carboxylic acids is 1. The van der Waals surface area contributed by atoms with Gasteiger partial charge in [0.05, 0.1) is 18.4 Å². The molecule has 0 amide bonds. The van der Waals surface area contributed by atoms with Crippen LogP contribution in [0.4, 0.5) is 5.69 Å². The summed E-state index contributed by atoms with van der Waals surface area (Å²) < 4.78 is 10.2. The zero-order valence-corrected chi connectivity index (χ0v) is 11.7. The summed E-state index contributed by atoms with van der Waals surface area (Å²) in [5.74, 6) is 0.0620. The summed E-state index contributed by atoms with van der Waals surface area (Å²) in [7, 11) is 1.51. The first-order valence-corrected chi connectivity index (χ1v) is 6.33. The molecule has 0 saturated heterocycles. The Morgan fingerprint density at radius 3 is 2.65 bits per heavy atom. The van der Waals surface area contributed by atoms with Crippen molar-refractivity contribution in [2.75, 3.05) is 12.8 Å². The summed E-state index contributed by atoms with van der Waals surface area (Å²) in [4.78, 5) is 11.9. The number of nitrogens with two attached hydrogens (primary N) is 1. The molecule has 0 spiro atoms. The third-order valence-corrected chi connectivity index (χ3v) is 3.15. The van der Waals surface area contributed by atoms with Gasteiger partial charge >= 0.3 is 5.97 Å². The number of hydrogen-bond donors (Lipinski definition) is 1. The van der Waals surface area contributed by atoms with Gasteiger partial charge in [0.15, 0.2) is 0 Å². The maximum Gasteiger partial charge on any atom is 0.338 e. The maximum absolute atomic E-state index is 11.9. The van der Waals surface area contributed by atoms with Crippen LogP contribution in [0.2, 0.25) is 5.02 Å². The highest BCUT2D eigenvalue weighted by Crippen LogP contribution is 2.23. The van der Waals surface area contributed by atoms with Gasteiger partial charge in [-0.3, -0.25) is 0 Å². The van der Waals surface area contributed by atoms with E-state index in [9.17, 15) is 4.79 Å². The molecule has 0 aliphatic heterocycles. The third-order valence-electron chi connectivity index (χ3n) is 2.78. The number of ether oxygens (including phenoxy) is 2. The molecule has 0 saturated carbocycles. The van der Waals surface area contributed by atoms with E-state index in [0.717, 1.165) is 5.56 Å². The summed E-state index contributed by atoms with van der Waals surface area (Å²) in [6.45, 7) is 0.116. The number of benzene rings is 2. The van der Waals surface area contributed by atoms with Crippen molar-refractivity contribution in [3.05, 3.63) is 58.6 Å². The Morgan fingerprint density at radius 2 is 2.00 bits per heavy atom. The van der Waals surface area contributed by atoms with Crippen LogP contribution in [0.3, 0.4) is 0 Å². The molecule has 104 valence electrons. The molecule has 0 radical (unpaired) electrons. The minimum absolute atomic E-state index is 0.116. The molecule has 2 aromatic rings. The van der Waals surface area contributed by atoms with Crippen LogP contribution in [0.5, 0.6) is 5.75 Å². The highest BCUT2D eigenvalue weighted by Gasteiger charge is 2.11. The number of nitrogen functional groups attached to an aromatic ring is 1. The molecule has 20 heavy (non-hydrogen) atoms. The van der Waals surface area contributed by atoms with Crippen LogP contribution in [-0.2, 0) is 11.3 Å². The summed E-state index contributed by atoms with van der Waals surface area (Å²) in [5, 5.41) is 0.564. The first-order chi connectivity index (χ1) is 9.61. The predicted octanol–water partition coefficient (Wildman–Crippen LogP) is 3.29. The molecule has 0 heterocycles. The van der Waals surface area contributed by atoms with Crippen molar-refractivity contribution in [2.24, 2.45) is 0 Å². The van der Waals surface area contributed by atoms with Crippen molar-refractivity contribution >= 4 is 23.3 Å². The molecule has 5 heteroatoms. The molecule has 2 N–H and O–H groups in total. The Morgan fingerprint density at radius 1 is 1.25 bits per heavy atom. The summed E-state index contributed by atoms with van der Waals surface area (Å²) in [5.41, 5.74) is 7.26. The fraction of sp³-hybridized carbons (Fsp3) is 0.133. The smallest absolute Gasteiger partial charge is 0.338 e. The van der Waals surface area contributed by atoms with Gasteiger partial charge in [0.2, 0.25) is 0 Å². The van der Waals surface area contributed by atoms with Crippen LogP contribution in [-0.4, -0.2) is 13.1 Å². The van der Waals surface area contributed by atoms with Gasteiger partial charge in [-0.2, -0.15) is 0 Å². The van der Waals surface area contributed by atoms with Gasteiger partial charge in [-0.15, -0.1) is 0 Å². The van der Waals surface area contributed by atoms with Crippen molar-refractivity contribution in [2.45, 2.75) is 6.61 Å². The number of carbonyl (C=O) groups is 1. The van der Waals surface area contributed by atoms with Crippen molar-refractivity contribution in [3.63, 3.8) is 0 Å². The number of rotatable bonds is 4. The first-order valence-electron chi connectivity index (χ1n) is 5.96. The lowest BCUT2D eigenvalue weighted by atomic mass is 10.2. The Balaban J connectivity index is 2.05. The zero-order valence-electron chi connectivity index (χ0n) is 10.9. The van der Waals surface area contributed by atoms with Crippen LogP contribution in [0, 0.1) is 0 Å². The number of methoxy groups -OCH3 is 1. The molecular formula is C15H14ClNO3. The van der Waals surface area contributed by atoms with Crippen molar-refractivity contribution < 1.29 is 14.3 Å². The number of anilines is 1. The topological polar surface area (TPSA) is 61.5 Å². The van der Waals surface area contributed by atoms with E-state index in [1.165, 1.54) is 13.2 Å². The standard InChI is InChI=1S/C15H14ClNO3/c1-19-14-7-6-10(8-13(14)17)15(18)20-9-11-4-2-3-5-12(11)16/h2-8H,9,17H2,1H3. The van der Waals surface area contributed by atoms with E-state index >= 15 is 0 Å². The lowest BCUT2D eigenvalue weighted by Gasteiger charge is -2.08. The van der Waals surface area contributed by atoms with Crippen molar-refractivity contribution in [1.29, 1.82) is 0 Å². The zero-order chi connectivity index (χ0) is 14.5. The molecule has 0 fully saturated rings. The van der Waals surface area contributed by atoms with Gasteiger partial charge in [-0.1, -0.05) is 29.8 Å². The highest BCUT2D eigenvalue weighted by atomic mass is 35.5. The lowest BCUT2D eigenvalue weighted by Crippen LogP contribution is -2.06. The Labute approximate surface area is 122 Å². The van der Waals surface area contributed by atoms with E-state index in [2.05, 4.69) is 0 Å². The predicted molar refractivity (Wildman–Crippen MR) is 78.0 cm³/mol. The van der Waals surface area contributed by atoms with Crippen LogP contribution in [0.15, 0.2) is 42.5 Å². The lowest BCUT2D eigenvalue weighted by molar-refractivity contribution is 0.0473. The highest BCUT2D eigenvalue weighted by molar-refractivity contribution is 6.31. The normalized spacial score (nSPS) is 10.1. The minimum atomic E-state index is -0.459. The molecule has 0 aromatic heterocycles. The molecule has 0 unspecified atom stereocenters. The quantitative estimate of drug-likeness (QED) is 0.693. The summed E-state index contributed by atoms with van der Waals surface area (Å²) >= 11 is 5.99. The number of esters is 1. The van der Waals surface area contributed by atoms with Crippen LogP contribution < -0.4 is 10.5 Å². The minimum Gasteiger partial charge on any atom is -0.495 e. The van der Waals surface area contributed by atoms with Gasteiger partial charge in [-0.05, 0) is 24.3 Å². The number of hydrogen-bond acceptors (Lipinski definition) is 4. The summed E-state index contributed by atoms with van der Waals surface area (Å²) in [6.07, 6.45) is 0. The second-order valence-corrected chi connectivity index (χ2v) is 4.53. The summed E-state index contributed by atoms with van der Waals surface area (Å²) in [6, 6.07) is 12.0. The largest absolute Gasteiger partial charge is 0.495 e. The van der Waals surface area contributed by atoms with E-state index in [0.29, 0.717) is 22.0 Å². The van der Waals surface area contributed by atoms with Gasteiger partial charge < -0.3 is 15.2 Å². The SMILES string of the molecule is COc1ccc(C(=O)OCc2ccccc2Cl)cc1N. The molecule has 4 nitrogen and oxygen atoms in total. The molecule has 0 aliphatic rings. The molecule has 2 aromatic carbocycles. The monoisotopic (exact) mass is 291 g/mol. The number of halogens is 1. The Hall–Kier alpha value is -2.20. The maximum atomic E-state index is 11.9. The molecule has 0 atom stereocenters. The average molecular weight is 292 g/mol. The van der Waals surface area contributed by atoms with Crippen LogP contribution in [0.25, 0.3) is 0 Å². The van der Waals surface area contributed by atoms with Gasteiger partial charge in [0.1, 0.15) is 12.4 Å². The van der Waals surface area contributed by atoms with Crippen LogP contribution in [0.1, 0.15) is 15.9 Å². The second-order valence-electron chi connectivity index (χ2n) is 4.12. The van der Waals surface area contributed by atoms with E-state index in [1.807, 2.05) is 12.1 Å². The third kappa shape index (κ3) is 3.22. The first kappa shape index (κ1) is 14.2. The van der Waals surface area contributed by atoms with Gasteiger partial charge in [-0.25, -0.2) is 4.79 Å². The fourth-order valence-electron chi connectivity index (χ4n) is 1.70. The second kappa shape index (κ2) is 6.30. The molecular weight excluding hydrogens is 278 g/mol. The van der Waals surface area contributed by atoms with Crippen LogP contribution >= 0.6 is 11.6 Å². The molecule has 0 aliphatic carbocycles. The van der Waals surface area contributed by atoms with Crippen molar-refractivity contribution in [3.8, 4) is 5.75 Å². The van der Waals surface area contributed by atoms with Gasteiger partial charge in [0, 0.05) is 10.6 Å². The van der Waals surface area contributed by atoms with E-state index in [1.54, 1.807) is 24.3 Å². The van der Waals surface area contributed by atoms with Crippen molar-refractivity contribution in [1.82, 2.24) is 0 Å². The van der Waals surface area contributed by atoms with E-state index < -0.39 is 5.97 Å². The van der Waals surface area contributed by atoms with Gasteiger partial charge in [0.25, 0.3) is 0 Å². The molecule has 0 bridgehead atoms. The fourth-order valence-corrected chi connectivity index (χ4v) is 1.89. The molecule has 2 rings (SSSR count). The van der Waals surface area contributed by atoms with E-state index in [4.69, 9.17) is 26.8 Å².